The van der Waals surface area contributed by atoms with E-state index in [4.69, 9.17) is 4.74 Å². The largest absolute Gasteiger partial charge is 0.483 e. The van der Waals surface area contributed by atoms with E-state index < -0.39 is 22.5 Å². The summed E-state index contributed by atoms with van der Waals surface area (Å²) in [6.45, 7) is 3.21. The molecule has 0 spiro atoms. The molecule has 0 heterocycles. The van der Waals surface area contributed by atoms with Gasteiger partial charge < -0.3 is 4.74 Å². The van der Waals surface area contributed by atoms with Gasteiger partial charge in [0.25, 0.3) is 15.9 Å². The molecular weight excluding hydrogens is 534 g/mol. The van der Waals surface area contributed by atoms with Crippen LogP contribution in [0.25, 0.3) is 0 Å². The minimum atomic E-state index is -4.13. The zero-order valence-corrected chi connectivity index (χ0v) is 20.3. The van der Waals surface area contributed by atoms with Crippen molar-refractivity contribution < 1.29 is 17.9 Å². The molecule has 8 heteroatoms. The number of amides is 1. The van der Waals surface area contributed by atoms with Gasteiger partial charge in [-0.3, -0.25) is 4.79 Å². The van der Waals surface area contributed by atoms with E-state index in [1.807, 2.05) is 13.0 Å². The van der Waals surface area contributed by atoms with Gasteiger partial charge in [0.1, 0.15) is 5.75 Å². The molecular formula is C22H19Br2NO4S. The van der Waals surface area contributed by atoms with Gasteiger partial charge in [0.2, 0.25) is 0 Å². The molecule has 3 aromatic carbocycles. The van der Waals surface area contributed by atoms with Crippen molar-refractivity contribution in [3.05, 3.63) is 86.8 Å². The summed E-state index contributed by atoms with van der Waals surface area (Å²) in [5, 5.41) is 0. The Morgan fingerprint density at radius 3 is 2.33 bits per heavy atom. The molecule has 0 radical (unpaired) electrons. The molecule has 1 amide bonds. The molecule has 5 nitrogen and oxygen atoms in total. The monoisotopic (exact) mass is 551 g/mol. The number of carbonyl (C=O) groups is 1. The summed E-state index contributed by atoms with van der Waals surface area (Å²) in [6, 6.07) is 18.3. The molecule has 0 atom stereocenters. The minimum Gasteiger partial charge on any atom is -0.483 e. The predicted molar refractivity (Wildman–Crippen MR) is 124 cm³/mol. The SMILES string of the molecule is Cc1cccc(N(C(=O)COc2ccc(Br)cc2Br)S(=O)(=O)c2ccccc2)c1C. The number of hydrogen-bond donors (Lipinski definition) is 0. The van der Waals surface area contributed by atoms with Crippen molar-refractivity contribution in [1.82, 2.24) is 0 Å². The molecule has 0 saturated heterocycles. The van der Waals surface area contributed by atoms with Gasteiger partial charge in [-0.2, -0.15) is 4.31 Å². The number of rotatable bonds is 6. The van der Waals surface area contributed by atoms with E-state index in [9.17, 15) is 13.2 Å². The third-order valence-electron chi connectivity index (χ3n) is 4.55. The number of halogens is 2. The van der Waals surface area contributed by atoms with E-state index in [0.717, 1.165) is 14.3 Å². The average Bonchev–Trinajstić information content (AvgIpc) is 2.71. The third kappa shape index (κ3) is 4.77. The highest BCUT2D eigenvalue weighted by atomic mass is 79.9. The van der Waals surface area contributed by atoms with Crippen molar-refractivity contribution in [3.63, 3.8) is 0 Å². The van der Waals surface area contributed by atoms with Crippen LogP contribution in [-0.4, -0.2) is 20.9 Å². The van der Waals surface area contributed by atoms with E-state index in [-0.39, 0.29) is 4.90 Å². The number of sulfonamides is 1. The zero-order valence-electron chi connectivity index (χ0n) is 16.3. The number of benzene rings is 3. The lowest BCUT2D eigenvalue weighted by Gasteiger charge is -2.25. The summed E-state index contributed by atoms with van der Waals surface area (Å²) in [5.74, 6) is -0.257. The van der Waals surface area contributed by atoms with Gasteiger partial charge in [-0.15, -0.1) is 0 Å². The number of hydrogen-bond acceptors (Lipinski definition) is 4. The second kappa shape index (κ2) is 9.32. The Hall–Kier alpha value is -2.16. The Balaban J connectivity index is 2.01. The van der Waals surface area contributed by atoms with Gasteiger partial charge in [0.15, 0.2) is 6.61 Å². The number of anilines is 1. The molecule has 0 aliphatic rings. The van der Waals surface area contributed by atoms with Gasteiger partial charge in [0, 0.05) is 4.47 Å². The lowest BCUT2D eigenvalue weighted by molar-refractivity contribution is -0.119. The van der Waals surface area contributed by atoms with E-state index in [0.29, 0.717) is 21.5 Å². The van der Waals surface area contributed by atoms with Gasteiger partial charge in [-0.25, -0.2) is 8.42 Å². The second-order valence-corrected chi connectivity index (χ2v) is 10.1. The highest BCUT2D eigenvalue weighted by Gasteiger charge is 2.32. The summed E-state index contributed by atoms with van der Waals surface area (Å²) in [5.41, 5.74) is 1.89. The molecule has 0 unspecified atom stereocenters. The Bertz CT molecular complexity index is 1180. The summed E-state index contributed by atoms with van der Waals surface area (Å²) in [4.78, 5) is 13.2. The summed E-state index contributed by atoms with van der Waals surface area (Å²) in [6.07, 6.45) is 0. The maximum absolute atomic E-state index is 13.4. The predicted octanol–water partition coefficient (Wildman–Crippen LogP) is 5.63. The van der Waals surface area contributed by atoms with Crippen LogP contribution in [0.2, 0.25) is 0 Å². The first-order chi connectivity index (χ1) is 14.2. The van der Waals surface area contributed by atoms with Crippen molar-refractivity contribution in [2.24, 2.45) is 0 Å². The first-order valence-corrected chi connectivity index (χ1v) is 12.0. The lowest BCUT2D eigenvalue weighted by atomic mass is 10.1. The summed E-state index contributed by atoms with van der Waals surface area (Å²) in [7, 11) is -4.13. The fraction of sp³-hybridized carbons (Fsp3) is 0.136. The maximum atomic E-state index is 13.4. The van der Waals surface area contributed by atoms with Crippen LogP contribution in [0.5, 0.6) is 5.75 Å². The molecule has 30 heavy (non-hydrogen) atoms. The van der Waals surface area contributed by atoms with Crippen molar-refractivity contribution >= 4 is 53.5 Å². The van der Waals surface area contributed by atoms with Crippen LogP contribution >= 0.6 is 31.9 Å². The minimum absolute atomic E-state index is 0.0316. The topological polar surface area (TPSA) is 63.7 Å². The molecule has 0 aliphatic carbocycles. The van der Waals surface area contributed by atoms with Crippen LogP contribution in [0.4, 0.5) is 5.69 Å². The van der Waals surface area contributed by atoms with Gasteiger partial charge in [-0.1, -0.05) is 46.3 Å². The molecule has 156 valence electrons. The molecule has 0 fully saturated rings. The molecule has 0 aromatic heterocycles. The van der Waals surface area contributed by atoms with Crippen molar-refractivity contribution in [1.29, 1.82) is 0 Å². The maximum Gasteiger partial charge on any atom is 0.278 e. The van der Waals surface area contributed by atoms with Gasteiger partial charge >= 0.3 is 0 Å². The Morgan fingerprint density at radius 2 is 1.67 bits per heavy atom. The van der Waals surface area contributed by atoms with Crippen molar-refractivity contribution in [2.75, 3.05) is 10.9 Å². The molecule has 3 aromatic rings. The zero-order chi connectivity index (χ0) is 21.9. The van der Waals surface area contributed by atoms with Crippen LogP contribution < -0.4 is 9.04 Å². The van der Waals surface area contributed by atoms with Gasteiger partial charge in [0.05, 0.1) is 15.1 Å². The van der Waals surface area contributed by atoms with E-state index >= 15 is 0 Å². The van der Waals surface area contributed by atoms with Crippen molar-refractivity contribution in [2.45, 2.75) is 18.7 Å². The smallest absolute Gasteiger partial charge is 0.278 e. The molecule has 0 N–H and O–H groups in total. The fourth-order valence-corrected chi connectivity index (χ4v) is 5.49. The van der Waals surface area contributed by atoms with Crippen LogP contribution in [0.1, 0.15) is 11.1 Å². The normalized spacial score (nSPS) is 11.2. The first-order valence-electron chi connectivity index (χ1n) is 8.99. The quantitative estimate of drug-likeness (QED) is 0.397. The number of aryl methyl sites for hydroxylation is 1. The number of carbonyl (C=O) groups excluding carboxylic acids is 1. The van der Waals surface area contributed by atoms with E-state index in [1.54, 1.807) is 55.5 Å². The Labute approximate surface area is 193 Å². The molecule has 3 rings (SSSR count). The highest BCUT2D eigenvalue weighted by molar-refractivity contribution is 9.11. The molecule has 0 aliphatic heterocycles. The molecule has 0 saturated carbocycles. The lowest BCUT2D eigenvalue weighted by Crippen LogP contribution is -2.40. The number of nitrogens with zero attached hydrogens (tertiary/aromatic N) is 1. The van der Waals surface area contributed by atoms with Crippen LogP contribution in [0, 0.1) is 13.8 Å². The second-order valence-electron chi connectivity index (χ2n) is 6.56. The Kier molecular flexibility index (Phi) is 7.00. The van der Waals surface area contributed by atoms with Crippen molar-refractivity contribution in [3.8, 4) is 5.75 Å². The Morgan fingerprint density at radius 1 is 0.967 bits per heavy atom. The first kappa shape index (κ1) is 22.5. The summed E-state index contributed by atoms with van der Waals surface area (Å²) < 4.78 is 34.7. The standard InChI is InChI=1S/C22H19Br2NO4S/c1-15-7-6-10-20(16(15)2)25(30(27,28)18-8-4-3-5-9-18)22(26)14-29-21-12-11-17(23)13-19(21)24/h3-13H,14H2,1-2H3. The average molecular weight is 553 g/mol. The van der Waals surface area contributed by atoms with Crippen LogP contribution in [-0.2, 0) is 14.8 Å². The fourth-order valence-electron chi connectivity index (χ4n) is 2.84. The van der Waals surface area contributed by atoms with Crippen LogP contribution in [0.15, 0.2) is 80.6 Å². The summed E-state index contributed by atoms with van der Waals surface area (Å²) >= 11 is 6.74. The highest BCUT2D eigenvalue weighted by Crippen LogP contribution is 2.31. The van der Waals surface area contributed by atoms with Crippen LogP contribution in [0.3, 0.4) is 0 Å². The third-order valence-corrected chi connectivity index (χ3v) is 7.41. The number of ether oxygens (including phenoxy) is 1. The van der Waals surface area contributed by atoms with E-state index in [2.05, 4.69) is 31.9 Å². The molecule has 0 bridgehead atoms. The van der Waals surface area contributed by atoms with E-state index in [1.165, 1.54) is 12.1 Å². The van der Waals surface area contributed by atoms with Gasteiger partial charge in [-0.05, 0) is 77.3 Å².